The number of nitrogens with zero attached hydrogens (tertiary/aromatic N) is 2. The first-order valence-electron chi connectivity index (χ1n) is 6.28. The predicted octanol–water partition coefficient (Wildman–Crippen LogP) is 0.920. The zero-order valence-corrected chi connectivity index (χ0v) is 10.6. The van der Waals surface area contributed by atoms with Crippen LogP contribution in [0.25, 0.3) is 0 Å². The molecule has 1 heterocycles. The van der Waals surface area contributed by atoms with Gasteiger partial charge in [-0.05, 0) is 37.1 Å². The van der Waals surface area contributed by atoms with Crippen molar-refractivity contribution in [3.05, 3.63) is 29.8 Å². The Labute approximate surface area is 112 Å². The molecule has 1 fully saturated rings. The average Bonchev–Trinajstić information content (AvgIpc) is 2.93. The molecule has 1 aliphatic heterocycles. The van der Waals surface area contributed by atoms with Crippen LogP contribution in [0.5, 0.6) is 5.75 Å². The van der Waals surface area contributed by atoms with Crippen molar-refractivity contribution in [1.82, 2.24) is 4.90 Å². The van der Waals surface area contributed by atoms with E-state index in [1.165, 1.54) is 0 Å². The van der Waals surface area contributed by atoms with Gasteiger partial charge in [0.25, 0.3) is 5.91 Å². The maximum Gasteiger partial charge on any atom is 0.260 e. The molecule has 100 valence electrons. The highest BCUT2D eigenvalue weighted by Gasteiger charge is 2.27. The van der Waals surface area contributed by atoms with Crippen molar-refractivity contribution in [1.29, 1.82) is 5.26 Å². The number of aliphatic hydroxyl groups excluding tert-OH is 1. The fourth-order valence-corrected chi connectivity index (χ4v) is 2.21. The second-order valence-electron chi connectivity index (χ2n) is 4.49. The molecule has 1 amide bonds. The molecule has 1 atom stereocenters. The molecule has 2 rings (SSSR count). The number of benzene rings is 1. The van der Waals surface area contributed by atoms with E-state index >= 15 is 0 Å². The Kier molecular flexibility index (Phi) is 4.37. The monoisotopic (exact) mass is 260 g/mol. The Morgan fingerprint density at radius 2 is 2.21 bits per heavy atom. The number of nitriles is 1. The molecule has 1 N–H and O–H groups in total. The van der Waals surface area contributed by atoms with Crippen LogP contribution >= 0.6 is 0 Å². The van der Waals surface area contributed by atoms with E-state index in [-0.39, 0.29) is 25.2 Å². The van der Waals surface area contributed by atoms with Gasteiger partial charge in [0.05, 0.1) is 24.3 Å². The van der Waals surface area contributed by atoms with Crippen LogP contribution in [0.4, 0.5) is 0 Å². The number of amides is 1. The first-order chi connectivity index (χ1) is 9.24. The predicted molar refractivity (Wildman–Crippen MR) is 68.5 cm³/mol. The van der Waals surface area contributed by atoms with Crippen LogP contribution in [0, 0.1) is 11.3 Å². The van der Waals surface area contributed by atoms with Crippen LogP contribution in [0.1, 0.15) is 18.4 Å². The van der Waals surface area contributed by atoms with Gasteiger partial charge in [-0.1, -0.05) is 0 Å². The summed E-state index contributed by atoms with van der Waals surface area (Å²) in [6, 6.07) is 8.57. The largest absolute Gasteiger partial charge is 0.484 e. The van der Waals surface area contributed by atoms with Gasteiger partial charge in [-0.2, -0.15) is 5.26 Å². The lowest BCUT2D eigenvalue weighted by atomic mass is 10.2. The third kappa shape index (κ3) is 3.24. The van der Waals surface area contributed by atoms with E-state index in [0.29, 0.717) is 17.9 Å². The summed E-state index contributed by atoms with van der Waals surface area (Å²) in [5.41, 5.74) is 0.554. The minimum atomic E-state index is -0.110. The summed E-state index contributed by atoms with van der Waals surface area (Å²) < 4.78 is 5.39. The molecule has 5 nitrogen and oxygen atoms in total. The zero-order valence-electron chi connectivity index (χ0n) is 10.6. The second kappa shape index (κ2) is 6.21. The Balaban J connectivity index is 1.87. The van der Waals surface area contributed by atoms with E-state index in [0.717, 1.165) is 12.8 Å². The fourth-order valence-electron chi connectivity index (χ4n) is 2.21. The first-order valence-corrected chi connectivity index (χ1v) is 6.28. The highest BCUT2D eigenvalue weighted by atomic mass is 16.5. The van der Waals surface area contributed by atoms with Crippen LogP contribution in [0.3, 0.4) is 0 Å². The van der Waals surface area contributed by atoms with Crippen molar-refractivity contribution in [3.63, 3.8) is 0 Å². The Morgan fingerprint density at radius 1 is 1.47 bits per heavy atom. The third-order valence-corrected chi connectivity index (χ3v) is 3.25. The standard InChI is InChI=1S/C14H16N2O3/c15-8-11-3-5-13(6-4-11)19-10-14(18)16-7-1-2-12(16)9-17/h3-6,12,17H,1-2,7,9-10H2/t12-/m0/s1. The molecule has 1 aromatic carbocycles. The number of ether oxygens (including phenoxy) is 1. The minimum absolute atomic E-state index is 0.00259. The van der Waals surface area contributed by atoms with Gasteiger partial charge in [-0.3, -0.25) is 4.79 Å². The Hall–Kier alpha value is -2.06. The molecule has 0 unspecified atom stereocenters. The molecule has 19 heavy (non-hydrogen) atoms. The summed E-state index contributed by atoms with van der Waals surface area (Å²) in [7, 11) is 0. The van der Waals surface area contributed by atoms with E-state index in [4.69, 9.17) is 15.1 Å². The van der Waals surface area contributed by atoms with Gasteiger partial charge >= 0.3 is 0 Å². The van der Waals surface area contributed by atoms with Crippen LogP contribution in [0.15, 0.2) is 24.3 Å². The smallest absolute Gasteiger partial charge is 0.260 e. The van der Waals surface area contributed by atoms with Crippen molar-refractivity contribution in [2.24, 2.45) is 0 Å². The van der Waals surface area contributed by atoms with Gasteiger partial charge < -0.3 is 14.7 Å². The number of carbonyl (C=O) groups is 1. The van der Waals surface area contributed by atoms with Crippen LogP contribution in [-0.4, -0.2) is 41.7 Å². The molecule has 1 aromatic rings. The van der Waals surface area contributed by atoms with E-state index in [9.17, 15) is 4.79 Å². The highest BCUT2D eigenvalue weighted by Crippen LogP contribution is 2.17. The van der Waals surface area contributed by atoms with E-state index in [1.807, 2.05) is 6.07 Å². The number of carbonyl (C=O) groups excluding carboxylic acids is 1. The molecule has 1 saturated heterocycles. The normalized spacial score (nSPS) is 18.1. The highest BCUT2D eigenvalue weighted by molar-refractivity contribution is 5.78. The van der Waals surface area contributed by atoms with Gasteiger partial charge in [-0.25, -0.2) is 0 Å². The molecule has 5 heteroatoms. The Bertz CT molecular complexity index is 478. The molecule has 0 bridgehead atoms. The third-order valence-electron chi connectivity index (χ3n) is 3.25. The molecule has 0 radical (unpaired) electrons. The number of hydrogen-bond donors (Lipinski definition) is 1. The maximum absolute atomic E-state index is 11.9. The lowest BCUT2D eigenvalue weighted by molar-refractivity contribution is -0.134. The summed E-state index contributed by atoms with van der Waals surface area (Å²) in [4.78, 5) is 13.6. The molecule has 1 aliphatic rings. The van der Waals surface area contributed by atoms with Gasteiger partial charge in [0, 0.05) is 6.54 Å². The Morgan fingerprint density at radius 3 is 2.84 bits per heavy atom. The topological polar surface area (TPSA) is 73.6 Å². The number of aliphatic hydroxyl groups is 1. The van der Waals surface area contributed by atoms with E-state index < -0.39 is 0 Å². The van der Waals surface area contributed by atoms with Gasteiger partial charge in [0.2, 0.25) is 0 Å². The van der Waals surface area contributed by atoms with E-state index in [2.05, 4.69) is 0 Å². The van der Waals surface area contributed by atoms with Crippen molar-refractivity contribution >= 4 is 5.91 Å². The summed E-state index contributed by atoms with van der Waals surface area (Å²) in [5.74, 6) is 0.452. The number of likely N-dealkylation sites (tertiary alicyclic amines) is 1. The lowest BCUT2D eigenvalue weighted by Gasteiger charge is -2.22. The summed E-state index contributed by atoms with van der Waals surface area (Å²) >= 11 is 0. The second-order valence-corrected chi connectivity index (χ2v) is 4.49. The fraction of sp³-hybridized carbons (Fsp3) is 0.429. The van der Waals surface area contributed by atoms with Crippen LogP contribution < -0.4 is 4.74 Å². The summed E-state index contributed by atoms with van der Waals surface area (Å²) in [5, 5.41) is 17.8. The van der Waals surface area contributed by atoms with Crippen molar-refractivity contribution < 1.29 is 14.6 Å². The van der Waals surface area contributed by atoms with Crippen LogP contribution in [-0.2, 0) is 4.79 Å². The quantitative estimate of drug-likeness (QED) is 0.873. The SMILES string of the molecule is N#Cc1ccc(OCC(=O)N2CCC[C@H]2CO)cc1. The number of hydrogen-bond acceptors (Lipinski definition) is 4. The van der Waals surface area contributed by atoms with E-state index in [1.54, 1.807) is 29.2 Å². The molecule has 0 aliphatic carbocycles. The van der Waals surface area contributed by atoms with Crippen molar-refractivity contribution in [2.75, 3.05) is 19.8 Å². The molecular weight excluding hydrogens is 244 g/mol. The van der Waals surface area contributed by atoms with Gasteiger partial charge in [0.1, 0.15) is 5.75 Å². The first kappa shape index (κ1) is 13.4. The zero-order chi connectivity index (χ0) is 13.7. The summed E-state index contributed by atoms with van der Waals surface area (Å²) in [6.45, 7) is 0.645. The molecule has 0 saturated carbocycles. The lowest BCUT2D eigenvalue weighted by Crippen LogP contribution is -2.40. The van der Waals surface area contributed by atoms with Gasteiger partial charge in [0.15, 0.2) is 6.61 Å². The van der Waals surface area contributed by atoms with Crippen molar-refractivity contribution in [3.8, 4) is 11.8 Å². The maximum atomic E-state index is 11.9. The summed E-state index contributed by atoms with van der Waals surface area (Å²) in [6.07, 6.45) is 1.77. The average molecular weight is 260 g/mol. The van der Waals surface area contributed by atoms with Crippen molar-refractivity contribution in [2.45, 2.75) is 18.9 Å². The van der Waals surface area contributed by atoms with Crippen LogP contribution in [0.2, 0.25) is 0 Å². The molecule has 0 spiro atoms. The molecular formula is C14H16N2O3. The number of rotatable bonds is 4. The molecule has 0 aromatic heterocycles. The van der Waals surface area contributed by atoms with Gasteiger partial charge in [-0.15, -0.1) is 0 Å². The minimum Gasteiger partial charge on any atom is -0.484 e.